The van der Waals surface area contributed by atoms with Gasteiger partial charge < -0.3 is 13.7 Å². The number of hydrogen-bond donors (Lipinski definition) is 0. The van der Waals surface area contributed by atoms with Crippen molar-refractivity contribution in [2.75, 3.05) is 4.90 Å². The predicted octanol–water partition coefficient (Wildman–Crippen LogP) is 15.1. The molecule has 0 saturated heterocycles. The van der Waals surface area contributed by atoms with Crippen LogP contribution in [-0.2, 0) is 0 Å². The minimum Gasteiger partial charge on any atom is -0.456 e. The molecule has 0 bridgehead atoms. The Bertz CT molecular complexity index is 3190. The van der Waals surface area contributed by atoms with E-state index in [9.17, 15) is 0 Å². The third-order valence-corrected chi connectivity index (χ3v) is 10.9. The molecular weight excluding hydrogens is 671 g/mol. The molecule has 11 rings (SSSR count). The maximum Gasteiger partial charge on any atom is 0.143 e. The standard InChI is InChI=1S/C52H33NO2/c1-2-11-36(12-3-1)44-16-8-17-46-45-31-30-42(33-50(45)55-52(44)46)53(40-26-22-35(23-27-40)39-21-20-34-10-4-5-13-38(34)32-39)41-28-24-37(25-29-41)43-15-9-19-49-51(43)47-14-6-7-18-48(47)54-49/h1-33H. The Morgan fingerprint density at radius 1 is 0.309 bits per heavy atom. The number of benzene rings is 9. The normalized spacial score (nSPS) is 11.6. The van der Waals surface area contributed by atoms with Crippen molar-refractivity contribution in [1.29, 1.82) is 0 Å². The molecule has 3 heteroatoms. The van der Waals surface area contributed by atoms with Gasteiger partial charge in [-0.25, -0.2) is 0 Å². The molecule has 0 atom stereocenters. The first-order valence-electron chi connectivity index (χ1n) is 18.7. The van der Waals surface area contributed by atoms with E-state index in [1.165, 1.54) is 21.9 Å². The van der Waals surface area contributed by atoms with Gasteiger partial charge in [-0.15, -0.1) is 0 Å². The van der Waals surface area contributed by atoms with E-state index in [1.807, 2.05) is 24.3 Å². The third kappa shape index (κ3) is 5.28. The first-order valence-corrected chi connectivity index (χ1v) is 18.7. The number of fused-ring (bicyclic) bond motifs is 7. The van der Waals surface area contributed by atoms with Crippen LogP contribution in [0.5, 0.6) is 0 Å². The summed E-state index contributed by atoms with van der Waals surface area (Å²) < 4.78 is 12.9. The van der Waals surface area contributed by atoms with Crippen molar-refractivity contribution < 1.29 is 8.83 Å². The van der Waals surface area contributed by atoms with Gasteiger partial charge in [0.2, 0.25) is 0 Å². The lowest BCUT2D eigenvalue weighted by Crippen LogP contribution is -2.09. The molecule has 0 fully saturated rings. The molecular formula is C52H33NO2. The Morgan fingerprint density at radius 3 is 1.76 bits per heavy atom. The molecule has 0 N–H and O–H groups in total. The molecule has 258 valence electrons. The SMILES string of the molecule is c1ccc(-c2cccc3c2oc2cc(N(c4ccc(-c5ccc6ccccc6c5)cc4)c4ccc(-c5cccc6oc7ccccc7c56)cc4)ccc23)cc1. The molecule has 9 aromatic carbocycles. The molecule has 11 aromatic rings. The van der Waals surface area contributed by atoms with E-state index in [0.29, 0.717) is 0 Å². The van der Waals surface area contributed by atoms with Gasteiger partial charge in [-0.1, -0.05) is 140 Å². The average molecular weight is 704 g/mol. The number of rotatable bonds is 6. The van der Waals surface area contributed by atoms with Crippen molar-refractivity contribution >= 4 is 71.7 Å². The van der Waals surface area contributed by atoms with Gasteiger partial charge in [-0.2, -0.15) is 0 Å². The van der Waals surface area contributed by atoms with Crippen molar-refractivity contribution in [3.05, 3.63) is 200 Å². The van der Waals surface area contributed by atoms with Gasteiger partial charge in [-0.05, 0) is 93.2 Å². The summed E-state index contributed by atoms with van der Waals surface area (Å²) in [5.41, 5.74) is 13.5. The fourth-order valence-electron chi connectivity index (χ4n) is 8.20. The van der Waals surface area contributed by atoms with Crippen LogP contribution in [0.25, 0.3) is 88.0 Å². The number of furan rings is 2. The van der Waals surface area contributed by atoms with E-state index >= 15 is 0 Å². The number of hydrogen-bond acceptors (Lipinski definition) is 3. The summed E-state index contributed by atoms with van der Waals surface area (Å²) >= 11 is 0. The highest BCUT2D eigenvalue weighted by atomic mass is 16.3. The number of para-hydroxylation sites is 2. The van der Waals surface area contributed by atoms with E-state index in [1.54, 1.807) is 0 Å². The second kappa shape index (κ2) is 12.6. The van der Waals surface area contributed by atoms with Gasteiger partial charge in [0.1, 0.15) is 22.3 Å². The van der Waals surface area contributed by atoms with Crippen LogP contribution in [0.3, 0.4) is 0 Å². The van der Waals surface area contributed by atoms with E-state index in [2.05, 4.69) is 181 Å². The topological polar surface area (TPSA) is 29.5 Å². The highest BCUT2D eigenvalue weighted by Gasteiger charge is 2.18. The van der Waals surface area contributed by atoms with Crippen molar-refractivity contribution in [2.24, 2.45) is 0 Å². The van der Waals surface area contributed by atoms with Crippen molar-refractivity contribution in [2.45, 2.75) is 0 Å². The number of anilines is 3. The second-order valence-corrected chi connectivity index (χ2v) is 14.1. The zero-order valence-electron chi connectivity index (χ0n) is 29.8. The largest absolute Gasteiger partial charge is 0.456 e. The Balaban J connectivity index is 1.04. The van der Waals surface area contributed by atoms with Gasteiger partial charge in [0.15, 0.2) is 0 Å². The maximum atomic E-state index is 6.72. The van der Waals surface area contributed by atoms with Crippen LogP contribution < -0.4 is 4.90 Å². The Kier molecular flexibility index (Phi) is 7.17. The van der Waals surface area contributed by atoms with Crippen LogP contribution in [0.15, 0.2) is 209 Å². The van der Waals surface area contributed by atoms with Gasteiger partial charge in [-0.3, -0.25) is 0 Å². The molecule has 0 amide bonds. The van der Waals surface area contributed by atoms with Crippen LogP contribution in [0.1, 0.15) is 0 Å². The van der Waals surface area contributed by atoms with E-state index < -0.39 is 0 Å². The second-order valence-electron chi connectivity index (χ2n) is 14.1. The molecule has 2 aromatic heterocycles. The lowest BCUT2D eigenvalue weighted by atomic mass is 9.99. The third-order valence-electron chi connectivity index (χ3n) is 10.9. The summed E-state index contributed by atoms with van der Waals surface area (Å²) in [6, 6.07) is 70.9. The average Bonchev–Trinajstić information content (AvgIpc) is 3.83. The molecule has 0 aliphatic carbocycles. The summed E-state index contributed by atoms with van der Waals surface area (Å²) in [6.07, 6.45) is 0. The summed E-state index contributed by atoms with van der Waals surface area (Å²) in [5.74, 6) is 0. The van der Waals surface area contributed by atoms with E-state index in [-0.39, 0.29) is 0 Å². The fourth-order valence-corrected chi connectivity index (χ4v) is 8.20. The van der Waals surface area contributed by atoms with Crippen LogP contribution in [0.2, 0.25) is 0 Å². The molecule has 55 heavy (non-hydrogen) atoms. The quantitative estimate of drug-likeness (QED) is 0.173. The highest BCUT2D eigenvalue weighted by Crippen LogP contribution is 2.43. The van der Waals surface area contributed by atoms with Gasteiger partial charge in [0, 0.05) is 50.2 Å². The van der Waals surface area contributed by atoms with Crippen molar-refractivity contribution in [1.82, 2.24) is 0 Å². The van der Waals surface area contributed by atoms with Crippen LogP contribution in [0, 0.1) is 0 Å². The van der Waals surface area contributed by atoms with Crippen LogP contribution >= 0.6 is 0 Å². The lowest BCUT2D eigenvalue weighted by molar-refractivity contribution is 0.669. The summed E-state index contributed by atoms with van der Waals surface area (Å²) in [4.78, 5) is 2.31. The minimum absolute atomic E-state index is 0.851. The molecule has 0 spiro atoms. The molecule has 0 unspecified atom stereocenters. The molecule has 0 aliphatic rings. The summed E-state index contributed by atoms with van der Waals surface area (Å²) in [7, 11) is 0. The summed E-state index contributed by atoms with van der Waals surface area (Å²) in [6.45, 7) is 0. The zero-order valence-corrected chi connectivity index (χ0v) is 29.8. The molecule has 0 aliphatic heterocycles. The fraction of sp³-hybridized carbons (Fsp3) is 0. The van der Waals surface area contributed by atoms with Crippen molar-refractivity contribution in [3.63, 3.8) is 0 Å². The first-order chi connectivity index (χ1) is 27.2. The minimum atomic E-state index is 0.851. The lowest BCUT2D eigenvalue weighted by Gasteiger charge is -2.26. The predicted molar refractivity (Wildman–Crippen MR) is 229 cm³/mol. The molecule has 0 radical (unpaired) electrons. The zero-order chi connectivity index (χ0) is 36.3. The highest BCUT2D eigenvalue weighted by molar-refractivity contribution is 6.13. The van der Waals surface area contributed by atoms with Crippen LogP contribution in [0.4, 0.5) is 17.1 Å². The Morgan fingerprint density at radius 2 is 0.927 bits per heavy atom. The number of nitrogens with zero attached hydrogens (tertiary/aromatic N) is 1. The Hall–Kier alpha value is -7.36. The maximum absolute atomic E-state index is 6.72. The molecule has 2 heterocycles. The summed E-state index contributed by atoms with van der Waals surface area (Å²) in [5, 5.41) is 6.95. The van der Waals surface area contributed by atoms with Gasteiger partial charge in [0.25, 0.3) is 0 Å². The van der Waals surface area contributed by atoms with E-state index in [4.69, 9.17) is 8.83 Å². The van der Waals surface area contributed by atoms with Gasteiger partial charge >= 0.3 is 0 Å². The molecule has 3 nitrogen and oxygen atoms in total. The van der Waals surface area contributed by atoms with Crippen molar-refractivity contribution in [3.8, 4) is 33.4 Å². The monoisotopic (exact) mass is 703 g/mol. The van der Waals surface area contributed by atoms with Crippen LogP contribution in [-0.4, -0.2) is 0 Å². The van der Waals surface area contributed by atoms with E-state index in [0.717, 1.165) is 83.2 Å². The molecule has 0 saturated carbocycles. The Labute approximate surface area is 317 Å². The van der Waals surface area contributed by atoms with Gasteiger partial charge in [0.05, 0.1) is 0 Å². The first kappa shape index (κ1) is 31.2. The smallest absolute Gasteiger partial charge is 0.143 e.